The van der Waals surface area contributed by atoms with E-state index in [4.69, 9.17) is 0 Å². The van der Waals surface area contributed by atoms with Gasteiger partial charge in [-0.1, -0.05) is 43.6 Å². The molecule has 84 valence electrons. The smallest absolute Gasteiger partial charge is 0.261 e. The number of rotatable bonds is 0. The average Bonchev–Trinajstić information content (AvgIpc) is 2.11. The molecule has 3 nitrogen and oxygen atoms in total. The highest BCUT2D eigenvalue weighted by Gasteiger charge is 2.54. The van der Waals surface area contributed by atoms with Gasteiger partial charge in [-0.05, 0) is 40.8 Å². The first kappa shape index (κ1) is 14.1. The Balaban J connectivity index is 3.09. The number of hydrogen-bond acceptors (Lipinski definition) is 3. The zero-order valence-electron chi connectivity index (χ0n) is 9.67. The van der Waals surface area contributed by atoms with Gasteiger partial charge < -0.3 is 12.7 Å². The molecule has 0 aromatic heterocycles. The second kappa shape index (κ2) is 4.34. The Morgan fingerprint density at radius 1 is 0.929 bits per heavy atom. The summed E-state index contributed by atoms with van der Waals surface area (Å²) in [5.41, 5.74) is 0. The van der Waals surface area contributed by atoms with Crippen LogP contribution in [0.5, 0.6) is 0 Å². The molecule has 0 bridgehead atoms. The van der Waals surface area contributed by atoms with Crippen molar-refractivity contribution in [1.29, 1.82) is 0 Å². The summed E-state index contributed by atoms with van der Waals surface area (Å²) in [7, 11) is 6.13. The summed E-state index contributed by atoms with van der Waals surface area (Å²) in [6, 6.07) is 0. The van der Waals surface area contributed by atoms with E-state index in [1.54, 1.807) is 0 Å². The maximum Gasteiger partial charge on any atom is 0.261 e. The van der Waals surface area contributed by atoms with Gasteiger partial charge in [-0.25, -0.2) is 0 Å². The van der Waals surface area contributed by atoms with Crippen LogP contribution in [0, 0.1) is 0 Å². The second-order valence-corrected chi connectivity index (χ2v) is 27.2. The van der Waals surface area contributed by atoms with Crippen molar-refractivity contribution < 1.29 is 0 Å². The van der Waals surface area contributed by atoms with Gasteiger partial charge in [0.1, 0.15) is 0 Å². The molecule has 0 N–H and O–H groups in total. The van der Waals surface area contributed by atoms with E-state index in [2.05, 4.69) is 97.1 Å². The standard InChI is InChI=1S/C6H19I2N3Si3/c1-9-12(4)10(2)14(6,8)11(3)13(9,5)7/h12H,1-6H3. The van der Waals surface area contributed by atoms with Gasteiger partial charge in [0, 0.05) is 0 Å². The molecule has 0 aromatic carbocycles. The Labute approximate surface area is 117 Å². The van der Waals surface area contributed by atoms with Crippen LogP contribution in [0.4, 0.5) is 0 Å². The molecule has 0 aromatic rings. The minimum absolute atomic E-state index is 0.838. The molecule has 1 rings (SSSR count). The van der Waals surface area contributed by atoms with Crippen LogP contribution in [-0.2, 0) is 0 Å². The van der Waals surface area contributed by atoms with Crippen LogP contribution in [0.25, 0.3) is 0 Å². The first-order valence-electron chi connectivity index (χ1n) is 4.71. The van der Waals surface area contributed by atoms with Gasteiger partial charge in [0.2, 0.25) is 0 Å². The van der Waals surface area contributed by atoms with Crippen LogP contribution in [-0.4, -0.2) is 54.7 Å². The second-order valence-electron chi connectivity index (χ2n) is 4.22. The van der Waals surface area contributed by atoms with Crippen molar-refractivity contribution in [3.8, 4) is 0 Å². The summed E-state index contributed by atoms with van der Waals surface area (Å²) < 4.78 is 8.09. The quantitative estimate of drug-likeness (QED) is 0.303. The molecule has 0 radical (unpaired) electrons. The van der Waals surface area contributed by atoms with Crippen molar-refractivity contribution in [2.45, 2.75) is 19.6 Å². The first-order chi connectivity index (χ1) is 6.13. The average molecular weight is 471 g/mol. The molecule has 14 heavy (non-hydrogen) atoms. The van der Waals surface area contributed by atoms with Gasteiger partial charge >= 0.3 is 0 Å². The Morgan fingerprint density at radius 2 is 1.21 bits per heavy atom. The third-order valence-electron chi connectivity index (χ3n) is 3.63. The Hall–Kier alpha value is 1.99. The minimum atomic E-state index is -1.33. The fraction of sp³-hybridized carbons (Fsp3) is 1.00. The van der Waals surface area contributed by atoms with E-state index >= 15 is 0 Å². The van der Waals surface area contributed by atoms with Gasteiger partial charge in [-0.2, -0.15) is 0 Å². The van der Waals surface area contributed by atoms with E-state index in [1.165, 1.54) is 0 Å². The molecule has 1 fully saturated rings. The largest absolute Gasteiger partial charge is 0.319 e. The third kappa shape index (κ3) is 2.04. The third-order valence-corrected chi connectivity index (χ3v) is 33.6. The van der Waals surface area contributed by atoms with Crippen molar-refractivity contribution in [1.82, 2.24) is 12.7 Å². The summed E-state index contributed by atoms with van der Waals surface area (Å²) in [5, 5.41) is 0. The summed E-state index contributed by atoms with van der Waals surface area (Å²) in [5.74, 6) is -2.65. The van der Waals surface area contributed by atoms with E-state index in [0.717, 1.165) is 0 Å². The molecule has 1 saturated heterocycles. The van der Waals surface area contributed by atoms with Crippen LogP contribution >= 0.6 is 43.6 Å². The van der Waals surface area contributed by atoms with Gasteiger partial charge in [0.05, 0.1) is 0 Å². The maximum absolute atomic E-state index is 2.72. The maximum atomic E-state index is 2.72. The van der Waals surface area contributed by atoms with Gasteiger partial charge in [0.25, 0.3) is 11.8 Å². The van der Waals surface area contributed by atoms with E-state index in [-0.39, 0.29) is 0 Å². The highest BCUT2D eigenvalue weighted by Crippen LogP contribution is 2.36. The van der Waals surface area contributed by atoms with Gasteiger partial charge in [0.15, 0.2) is 9.12 Å². The van der Waals surface area contributed by atoms with Gasteiger partial charge in [-0.3, -0.25) is 0 Å². The van der Waals surface area contributed by atoms with Gasteiger partial charge in [-0.15, -0.1) is 0 Å². The molecule has 2 atom stereocenters. The van der Waals surface area contributed by atoms with Crippen LogP contribution in [0.3, 0.4) is 0 Å². The predicted octanol–water partition coefficient (Wildman–Crippen LogP) is 1.65. The van der Waals surface area contributed by atoms with Crippen LogP contribution in [0.2, 0.25) is 19.6 Å². The van der Waals surface area contributed by atoms with Crippen molar-refractivity contribution in [2.75, 3.05) is 21.1 Å². The summed E-state index contributed by atoms with van der Waals surface area (Å²) >= 11 is 5.44. The molecule has 0 spiro atoms. The molecule has 1 aliphatic heterocycles. The van der Waals surface area contributed by atoms with Crippen molar-refractivity contribution in [2.24, 2.45) is 0 Å². The molecule has 1 heterocycles. The van der Waals surface area contributed by atoms with Crippen LogP contribution in [0.15, 0.2) is 0 Å². The highest BCUT2D eigenvalue weighted by atomic mass is 127. The molecule has 8 heteroatoms. The lowest BCUT2D eigenvalue weighted by molar-refractivity contribution is 0.538. The predicted molar refractivity (Wildman–Crippen MR) is 87.6 cm³/mol. The molecule has 0 saturated carbocycles. The fourth-order valence-electron chi connectivity index (χ4n) is 1.79. The van der Waals surface area contributed by atoms with E-state index in [1.807, 2.05) is 0 Å². The Bertz CT molecular complexity index is 216. The highest BCUT2D eigenvalue weighted by molar-refractivity contribution is 14.1. The number of nitrogens with zero attached hydrogens (tertiary/aromatic N) is 3. The van der Waals surface area contributed by atoms with Crippen LogP contribution in [0.1, 0.15) is 0 Å². The van der Waals surface area contributed by atoms with E-state index in [0.29, 0.717) is 0 Å². The van der Waals surface area contributed by atoms with E-state index in [9.17, 15) is 0 Å². The van der Waals surface area contributed by atoms with Crippen molar-refractivity contribution in [3.05, 3.63) is 0 Å². The summed E-state index contributed by atoms with van der Waals surface area (Å²) in [6.07, 6.45) is 0. The molecular weight excluding hydrogens is 452 g/mol. The zero-order valence-corrected chi connectivity index (χ0v) is 17.1. The normalized spacial score (nSPS) is 48.4. The SMILES string of the molecule is CN1[SiH](C)N(C)[Si](C)(I)N(C)[Si]1(C)I. The van der Waals surface area contributed by atoms with Crippen LogP contribution < -0.4 is 0 Å². The number of halogens is 2. The fourth-order valence-corrected chi connectivity index (χ4v) is 35.6. The monoisotopic (exact) mass is 471 g/mol. The van der Waals surface area contributed by atoms with Crippen molar-refractivity contribution in [3.63, 3.8) is 0 Å². The Kier molecular flexibility index (Phi) is 4.36. The minimum Gasteiger partial charge on any atom is -0.319 e. The first-order valence-corrected chi connectivity index (χ1v) is 17.9. The lowest BCUT2D eigenvalue weighted by Crippen LogP contribution is -2.80. The lowest BCUT2D eigenvalue weighted by atomic mass is 11.6. The zero-order chi connectivity index (χ0) is 11.3. The molecule has 0 amide bonds. The summed E-state index contributed by atoms with van der Waals surface area (Å²) in [4.78, 5) is 0. The number of hydrogen-bond donors (Lipinski definition) is 0. The summed E-state index contributed by atoms with van der Waals surface area (Å²) in [6.45, 7) is 7.39. The lowest BCUT2D eigenvalue weighted by Gasteiger charge is -2.58. The van der Waals surface area contributed by atoms with E-state index < -0.39 is 20.9 Å². The molecule has 1 aliphatic rings. The molecule has 2 unspecified atom stereocenters. The Morgan fingerprint density at radius 3 is 1.50 bits per heavy atom. The molecule has 0 aliphatic carbocycles. The van der Waals surface area contributed by atoms with Crippen molar-refractivity contribution >= 4 is 64.5 Å². The molecular formula is C6H19I2N3Si3. The topological polar surface area (TPSA) is 9.72 Å².